The maximum atomic E-state index is 14.5. The molecular formula is C34H22ClFN4O4S. The van der Waals surface area contributed by atoms with Gasteiger partial charge in [0, 0.05) is 22.2 Å². The van der Waals surface area contributed by atoms with Crippen molar-refractivity contribution in [2.75, 3.05) is 16.0 Å². The van der Waals surface area contributed by atoms with Crippen LogP contribution in [-0.4, -0.2) is 38.8 Å². The van der Waals surface area contributed by atoms with E-state index in [1.807, 2.05) is 6.07 Å². The number of para-hydroxylation sites is 2. The van der Waals surface area contributed by atoms with E-state index in [0.29, 0.717) is 33.5 Å². The average molecular weight is 637 g/mol. The summed E-state index contributed by atoms with van der Waals surface area (Å²) < 4.78 is 14.5. The largest absolute Gasteiger partial charge is 0.478 e. The molecule has 8 nitrogen and oxygen atoms in total. The Kier molecular flexibility index (Phi) is 8.41. The molecule has 0 saturated carbocycles. The Morgan fingerprint density at radius 2 is 1.69 bits per heavy atom. The standard InChI is InChI=1S/C34H22ClFN4O4S/c35-26-10-6-11-27(36)25(26)18-30-32(42)40(22-7-2-1-3-8-22)34(39-30)45-19-31(41)37-21-15-13-20(14-16-21)29-17-24(33(43)44)23-9-4-5-12-28(23)38-29/h1-18H,19H2,(H,37,41)(H,43,44)/b30-18-. The molecule has 4 aromatic carbocycles. The Morgan fingerprint density at radius 3 is 2.42 bits per heavy atom. The smallest absolute Gasteiger partial charge is 0.336 e. The van der Waals surface area contributed by atoms with Crippen LogP contribution in [-0.2, 0) is 9.59 Å². The van der Waals surface area contributed by atoms with Gasteiger partial charge in [0.2, 0.25) is 5.91 Å². The summed E-state index contributed by atoms with van der Waals surface area (Å²) in [5, 5.41) is 13.5. The van der Waals surface area contributed by atoms with Crippen LogP contribution in [0.15, 0.2) is 114 Å². The summed E-state index contributed by atoms with van der Waals surface area (Å²) in [6, 6.07) is 28.5. The van der Waals surface area contributed by atoms with E-state index in [9.17, 15) is 23.9 Å². The van der Waals surface area contributed by atoms with Gasteiger partial charge in [-0.15, -0.1) is 0 Å². The van der Waals surface area contributed by atoms with Crippen molar-refractivity contribution in [3.05, 3.63) is 131 Å². The van der Waals surface area contributed by atoms with E-state index in [1.54, 1.807) is 72.8 Å². The molecule has 1 aliphatic rings. The average Bonchev–Trinajstić information content (AvgIpc) is 3.36. The number of thioether (sulfide) groups is 1. The number of aromatic nitrogens is 1. The second kappa shape index (κ2) is 12.7. The number of anilines is 2. The molecule has 11 heteroatoms. The van der Waals surface area contributed by atoms with Gasteiger partial charge in [-0.2, -0.15) is 0 Å². The van der Waals surface area contributed by atoms with E-state index in [4.69, 9.17) is 11.6 Å². The first kappa shape index (κ1) is 29.7. The van der Waals surface area contributed by atoms with Crippen LogP contribution >= 0.6 is 23.4 Å². The fourth-order valence-corrected chi connectivity index (χ4v) is 5.77. The number of amidine groups is 1. The summed E-state index contributed by atoms with van der Waals surface area (Å²) in [5.74, 6) is -2.53. The minimum Gasteiger partial charge on any atom is -0.478 e. The van der Waals surface area contributed by atoms with Gasteiger partial charge in [-0.3, -0.25) is 14.5 Å². The third-order valence-electron chi connectivity index (χ3n) is 6.87. The molecule has 0 saturated heterocycles. The maximum Gasteiger partial charge on any atom is 0.336 e. The van der Waals surface area contributed by atoms with E-state index in [-0.39, 0.29) is 38.7 Å². The number of halogens is 2. The molecule has 45 heavy (non-hydrogen) atoms. The predicted molar refractivity (Wildman–Crippen MR) is 176 cm³/mol. The van der Waals surface area contributed by atoms with Gasteiger partial charge in [0.15, 0.2) is 5.17 Å². The van der Waals surface area contributed by atoms with Crippen molar-refractivity contribution in [1.82, 2.24) is 4.98 Å². The lowest BCUT2D eigenvalue weighted by molar-refractivity contribution is -0.114. The highest BCUT2D eigenvalue weighted by Gasteiger charge is 2.32. The molecule has 6 rings (SSSR count). The topological polar surface area (TPSA) is 112 Å². The molecular weight excluding hydrogens is 615 g/mol. The number of amides is 2. The maximum absolute atomic E-state index is 14.5. The Labute approximate surface area is 265 Å². The lowest BCUT2D eigenvalue weighted by atomic mass is 10.0. The number of hydrogen-bond acceptors (Lipinski definition) is 6. The van der Waals surface area contributed by atoms with Gasteiger partial charge < -0.3 is 10.4 Å². The molecule has 0 unspecified atom stereocenters. The molecule has 5 aromatic rings. The molecule has 0 radical (unpaired) electrons. The molecule has 0 aliphatic carbocycles. The van der Waals surface area contributed by atoms with Crippen LogP contribution in [0.25, 0.3) is 28.2 Å². The highest BCUT2D eigenvalue weighted by Crippen LogP contribution is 2.31. The number of carbonyl (C=O) groups excluding carboxylic acids is 2. The van der Waals surface area contributed by atoms with Crippen LogP contribution < -0.4 is 10.2 Å². The minimum atomic E-state index is -1.05. The third kappa shape index (κ3) is 6.33. The quantitative estimate of drug-likeness (QED) is 0.179. The summed E-state index contributed by atoms with van der Waals surface area (Å²) in [4.78, 5) is 48.6. The van der Waals surface area contributed by atoms with Crippen molar-refractivity contribution < 1.29 is 23.9 Å². The first-order chi connectivity index (χ1) is 21.8. The van der Waals surface area contributed by atoms with Crippen LogP contribution in [0.4, 0.5) is 15.8 Å². The van der Waals surface area contributed by atoms with Gasteiger partial charge >= 0.3 is 5.97 Å². The van der Waals surface area contributed by atoms with E-state index in [2.05, 4.69) is 15.3 Å². The van der Waals surface area contributed by atoms with E-state index < -0.39 is 17.7 Å². The second-order valence-electron chi connectivity index (χ2n) is 9.83. The number of nitrogens with one attached hydrogen (secondary N) is 1. The number of carboxylic acids is 1. The normalized spacial score (nSPS) is 13.7. The summed E-state index contributed by atoms with van der Waals surface area (Å²) in [6.45, 7) is 0. The number of carboxylic acid groups (broad SMARTS) is 1. The van der Waals surface area contributed by atoms with E-state index >= 15 is 0 Å². The predicted octanol–water partition coefficient (Wildman–Crippen LogP) is 7.51. The zero-order valence-corrected chi connectivity index (χ0v) is 24.8. The van der Waals surface area contributed by atoms with Crippen molar-refractivity contribution in [1.29, 1.82) is 0 Å². The van der Waals surface area contributed by atoms with Crippen LogP contribution in [0.1, 0.15) is 15.9 Å². The Hall–Kier alpha value is -5.32. The number of aliphatic imine (C=N–C) groups is 1. The molecule has 1 aromatic heterocycles. The SMILES string of the molecule is O=C(CSC1=N/C(=C\c2c(F)cccc2Cl)C(=O)N1c1ccccc1)Nc1ccc(-c2cc(C(=O)O)c3ccccc3n2)cc1. The summed E-state index contributed by atoms with van der Waals surface area (Å²) in [6.07, 6.45) is 1.30. The molecule has 2 heterocycles. The van der Waals surface area contributed by atoms with Crippen molar-refractivity contribution >= 4 is 74.7 Å². The number of rotatable bonds is 7. The van der Waals surface area contributed by atoms with Gasteiger partial charge in [-0.1, -0.05) is 78.0 Å². The van der Waals surface area contributed by atoms with Gasteiger partial charge in [-0.05, 0) is 54.6 Å². The first-order valence-electron chi connectivity index (χ1n) is 13.6. The van der Waals surface area contributed by atoms with Crippen LogP contribution in [0.2, 0.25) is 5.02 Å². The monoisotopic (exact) mass is 636 g/mol. The van der Waals surface area contributed by atoms with Crippen LogP contribution in [0.5, 0.6) is 0 Å². The highest BCUT2D eigenvalue weighted by atomic mass is 35.5. The number of benzene rings is 4. The molecule has 0 spiro atoms. The number of carbonyl (C=O) groups is 3. The number of fused-ring (bicyclic) bond motifs is 1. The second-order valence-corrected chi connectivity index (χ2v) is 11.2. The highest BCUT2D eigenvalue weighted by molar-refractivity contribution is 8.14. The number of aromatic carboxylic acids is 1. The molecule has 0 atom stereocenters. The van der Waals surface area contributed by atoms with Crippen LogP contribution in [0.3, 0.4) is 0 Å². The van der Waals surface area contributed by atoms with Crippen molar-refractivity contribution in [3.8, 4) is 11.3 Å². The van der Waals surface area contributed by atoms with Crippen molar-refractivity contribution in [3.63, 3.8) is 0 Å². The van der Waals surface area contributed by atoms with Gasteiger partial charge in [0.05, 0.1) is 33.2 Å². The molecule has 0 fully saturated rings. The fourth-order valence-electron chi connectivity index (χ4n) is 4.73. The number of nitrogens with zero attached hydrogens (tertiary/aromatic N) is 3. The zero-order chi connectivity index (χ0) is 31.5. The Morgan fingerprint density at radius 1 is 0.956 bits per heavy atom. The number of pyridine rings is 1. The first-order valence-corrected chi connectivity index (χ1v) is 14.9. The number of hydrogen-bond donors (Lipinski definition) is 2. The van der Waals surface area contributed by atoms with Gasteiger partial charge in [0.1, 0.15) is 11.5 Å². The lowest BCUT2D eigenvalue weighted by Crippen LogP contribution is -2.31. The summed E-state index contributed by atoms with van der Waals surface area (Å²) >= 11 is 7.23. The Bertz CT molecular complexity index is 2010. The van der Waals surface area contributed by atoms with Crippen LogP contribution in [0, 0.1) is 5.82 Å². The molecule has 1 aliphatic heterocycles. The molecule has 2 amide bonds. The van der Waals surface area contributed by atoms with E-state index in [1.165, 1.54) is 35.2 Å². The summed E-state index contributed by atoms with van der Waals surface area (Å²) in [5.41, 5.74) is 2.98. The summed E-state index contributed by atoms with van der Waals surface area (Å²) in [7, 11) is 0. The van der Waals surface area contributed by atoms with Crippen molar-refractivity contribution in [2.45, 2.75) is 0 Å². The molecule has 2 N–H and O–H groups in total. The molecule has 0 bridgehead atoms. The lowest BCUT2D eigenvalue weighted by Gasteiger charge is -2.17. The minimum absolute atomic E-state index is 0.0160. The van der Waals surface area contributed by atoms with Gasteiger partial charge in [0.25, 0.3) is 5.91 Å². The fraction of sp³-hybridized carbons (Fsp3) is 0.0294. The van der Waals surface area contributed by atoms with Crippen molar-refractivity contribution in [2.24, 2.45) is 4.99 Å². The van der Waals surface area contributed by atoms with E-state index in [0.717, 1.165) is 11.8 Å². The zero-order valence-electron chi connectivity index (χ0n) is 23.3. The van der Waals surface area contributed by atoms with Gasteiger partial charge in [-0.25, -0.2) is 19.2 Å². The Balaban J connectivity index is 1.19. The third-order valence-corrected chi connectivity index (χ3v) is 8.14. The molecule has 222 valence electrons.